The van der Waals surface area contributed by atoms with Crippen LogP contribution in [0.3, 0.4) is 0 Å². The third-order valence-corrected chi connectivity index (χ3v) is 3.74. The number of hydrogen-bond donors (Lipinski definition) is 1. The predicted molar refractivity (Wildman–Crippen MR) is 60.2 cm³/mol. The van der Waals surface area contributed by atoms with Gasteiger partial charge in [0.05, 0.1) is 0 Å². The molecule has 2 atom stereocenters. The quantitative estimate of drug-likeness (QED) is 0.732. The lowest BCUT2D eigenvalue weighted by Crippen LogP contribution is -2.56. The molecule has 2 unspecified atom stereocenters. The van der Waals surface area contributed by atoms with E-state index in [1.165, 1.54) is 38.6 Å². The smallest absolute Gasteiger partial charge is 0.0113 e. The van der Waals surface area contributed by atoms with Crippen molar-refractivity contribution in [3.63, 3.8) is 0 Å². The van der Waals surface area contributed by atoms with Crippen LogP contribution in [0.15, 0.2) is 0 Å². The maximum absolute atomic E-state index is 6.09. The van der Waals surface area contributed by atoms with Crippen molar-refractivity contribution in [3.05, 3.63) is 0 Å². The fraction of sp³-hybridized carbons (Fsp3) is 1.00. The average molecular weight is 196 g/mol. The molecule has 2 heterocycles. The second kappa shape index (κ2) is 4.19. The Balaban J connectivity index is 2.01. The zero-order chi connectivity index (χ0) is 10.1. The number of nitrogens with two attached hydrogens (primary N) is 1. The van der Waals surface area contributed by atoms with Crippen LogP contribution in [0.25, 0.3) is 0 Å². The number of rotatable bonds is 2. The zero-order valence-corrected chi connectivity index (χ0v) is 9.58. The molecule has 2 nitrogen and oxygen atoms in total. The Labute approximate surface area is 87.8 Å². The molecule has 0 aromatic carbocycles. The zero-order valence-electron chi connectivity index (χ0n) is 9.58. The largest absolute Gasteiger partial charge is 0.328 e. The van der Waals surface area contributed by atoms with E-state index in [4.69, 9.17) is 5.73 Å². The molecule has 0 amide bonds. The molecule has 0 spiro atoms. The van der Waals surface area contributed by atoms with Gasteiger partial charge in [0.1, 0.15) is 0 Å². The topological polar surface area (TPSA) is 29.3 Å². The highest BCUT2D eigenvalue weighted by Gasteiger charge is 2.36. The highest BCUT2D eigenvalue weighted by atomic mass is 15.2. The summed E-state index contributed by atoms with van der Waals surface area (Å²) in [4.78, 5) is 2.75. The maximum Gasteiger partial charge on any atom is 0.0113 e. The second-order valence-electron chi connectivity index (χ2n) is 5.56. The predicted octanol–water partition coefficient (Wildman–Crippen LogP) is 1.99. The van der Waals surface area contributed by atoms with E-state index in [1.807, 2.05) is 0 Å². The van der Waals surface area contributed by atoms with Crippen LogP contribution in [0, 0.1) is 5.92 Å². The van der Waals surface area contributed by atoms with E-state index in [-0.39, 0.29) is 0 Å². The van der Waals surface area contributed by atoms with E-state index in [9.17, 15) is 0 Å². The Morgan fingerprint density at radius 1 is 1.21 bits per heavy atom. The summed E-state index contributed by atoms with van der Waals surface area (Å²) in [5, 5.41) is 0. The molecule has 2 rings (SSSR count). The Morgan fingerprint density at radius 3 is 2.29 bits per heavy atom. The number of nitrogens with zero attached hydrogens (tertiary/aromatic N) is 1. The van der Waals surface area contributed by atoms with E-state index < -0.39 is 0 Å². The molecule has 2 aliphatic heterocycles. The summed E-state index contributed by atoms with van der Waals surface area (Å²) in [6.07, 6.45) is 6.68. The monoisotopic (exact) mass is 196 g/mol. The number of fused-ring (bicyclic) bond motifs is 2. The number of hydrogen-bond acceptors (Lipinski definition) is 2. The van der Waals surface area contributed by atoms with E-state index >= 15 is 0 Å². The Hall–Kier alpha value is -0.0800. The van der Waals surface area contributed by atoms with Crippen molar-refractivity contribution in [1.82, 2.24) is 4.90 Å². The molecule has 0 aliphatic carbocycles. The molecule has 2 heteroatoms. The molecule has 0 aromatic heterocycles. The summed E-state index contributed by atoms with van der Waals surface area (Å²) in [5.41, 5.74) is 6.09. The normalized spacial score (nSPS) is 39.0. The minimum Gasteiger partial charge on any atom is -0.328 e. The first-order chi connectivity index (χ1) is 6.66. The first-order valence-corrected chi connectivity index (χ1v) is 6.18. The second-order valence-corrected chi connectivity index (χ2v) is 5.56. The van der Waals surface area contributed by atoms with E-state index in [1.54, 1.807) is 0 Å². The van der Waals surface area contributed by atoms with Crippen LogP contribution in [-0.4, -0.2) is 29.6 Å². The summed E-state index contributed by atoms with van der Waals surface area (Å²) < 4.78 is 0. The minimum atomic E-state index is 0.480. The molecular weight excluding hydrogens is 172 g/mol. The summed E-state index contributed by atoms with van der Waals surface area (Å²) in [5.74, 6) is 0.799. The van der Waals surface area contributed by atoms with Crippen molar-refractivity contribution in [1.29, 1.82) is 0 Å². The van der Waals surface area contributed by atoms with Gasteiger partial charge in [-0.3, -0.25) is 4.90 Å². The van der Waals surface area contributed by atoms with Crippen LogP contribution in [0.5, 0.6) is 0 Å². The van der Waals surface area contributed by atoms with Gasteiger partial charge in [0, 0.05) is 24.7 Å². The molecule has 2 fully saturated rings. The third kappa shape index (κ3) is 2.12. The first-order valence-electron chi connectivity index (χ1n) is 6.18. The van der Waals surface area contributed by atoms with Crippen molar-refractivity contribution in [2.24, 2.45) is 11.7 Å². The third-order valence-electron chi connectivity index (χ3n) is 3.74. The minimum absolute atomic E-state index is 0.480. The lowest BCUT2D eigenvalue weighted by molar-refractivity contribution is 0.0223. The highest BCUT2D eigenvalue weighted by molar-refractivity contribution is 4.93. The van der Waals surface area contributed by atoms with Crippen molar-refractivity contribution < 1.29 is 0 Å². The van der Waals surface area contributed by atoms with Gasteiger partial charge in [-0.25, -0.2) is 0 Å². The van der Waals surface area contributed by atoms with Gasteiger partial charge >= 0.3 is 0 Å². The molecule has 82 valence electrons. The van der Waals surface area contributed by atoms with Crippen molar-refractivity contribution in [2.75, 3.05) is 6.54 Å². The van der Waals surface area contributed by atoms with Gasteiger partial charge in [-0.1, -0.05) is 20.3 Å². The molecule has 14 heavy (non-hydrogen) atoms. The summed E-state index contributed by atoms with van der Waals surface area (Å²) >= 11 is 0. The average Bonchev–Trinajstić information content (AvgIpc) is 2.05. The van der Waals surface area contributed by atoms with Gasteiger partial charge < -0.3 is 5.73 Å². The van der Waals surface area contributed by atoms with Gasteiger partial charge in [-0.2, -0.15) is 0 Å². The fourth-order valence-electron chi connectivity index (χ4n) is 3.24. The first kappa shape index (κ1) is 10.4. The van der Waals surface area contributed by atoms with Gasteiger partial charge in [-0.05, 0) is 31.6 Å². The van der Waals surface area contributed by atoms with Crippen LogP contribution in [0.1, 0.15) is 46.0 Å². The van der Waals surface area contributed by atoms with Crippen LogP contribution < -0.4 is 5.73 Å². The van der Waals surface area contributed by atoms with Crippen molar-refractivity contribution in [3.8, 4) is 0 Å². The maximum atomic E-state index is 6.09. The standard InChI is InChI=1S/C12H24N2/c1-9(2)8-14-11-4-3-5-12(14)7-10(13)6-11/h9-12H,3-8,13H2,1-2H3. The lowest BCUT2D eigenvalue weighted by Gasteiger charge is -2.49. The molecule has 2 saturated heterocycles. The van der Waals surface area contributed by atoms with E-state index in [2.05, 4.69) is 18.7 Å². The molecule has 2 N–H and O–H groups in total. The van der Waals surface area contributed by atoms with Crippen LogP contribution in [0.2, 0.25) is 0 Å². The van der Waals surface area contributed by atoms with Crippen LogP contribution >= 0.6 is 0 Å². The van der Waals surface area contributed by atoms with Crippen LogP contribution in [-0.2, 0) is 0 Å². The lowest BCUT2D eigenvalue weighted by atomic mass is 9.81. The Bertz CT molecular complexity index is 177. The fourth-order valence-corrected chi connectivity index (χ4v) is 3.24. The Kier molecular flexibility index (Phi) is 3.13. The summed E-state index contributed by atoms with van der Waals surface area (Å²) in [6, 6.07) is 2.09. The van der Waals surface area contributed by atoms with Crippen molar-refractivity contribution in [2.45, 2.75) is 64.1 Å². The van der Waals surface area contributed by atoms with Gasteiger partial charge in [0.15, 0.2) is 0 Å². The van der Waals surface area contributed by atoms with E-state index in [0.29, 0.717) is 6.04 Å². The molecule has 2 aliphatic rings. The van der Waals surface area contributed by atoms with Crippen LogP contribution in [0.4, 0.5) is 0 Å². The molecule has 0 radical (unpaired) electrons. The number of piperidine rings is 2. The molecule has 0 aromatic rings. The summed E-state index contributed by atoms with van der Waals surface area (Å²) in [6.45, 7) is 5.93. The molecular formula is C12H24N2. The SMILES string of the molecule is CC(C)CN1C2CCCC1CC(N)C2. The van der Waals surface area contributed by atoms with Crippen molar-refractivity contribution >= 4 is 0 Å². The summed E-state index contributed by atoms with van der Waals surface area (Å²) in [7, 11) is 0. The van der Waals surface area contributed by atoms with Gasteiger partial charge in [0.2, 0.25) is 0 Å². The van der Waals surface area contributed by atoms with E-state index in [0.717, 1.165) is 18.0 Å². The van der Waals surface area contributed by atoms with Gasteiger partial charge in [0.25, 0.3) is 0 Å². The highest BCUT2D eigenvalue weighted by Crippen LogP contribution is 2.33. The molecule has 0 saturated carbocycles. The van der Waals surface area contributed by atoms with Gasteiger partial charge in [-0.15, -0.1) is 0 Å². The molecule has 2 bridgehead atoms. The Morgan fingerprint density at radius 2 is 1.79 bits per heavy atom.